The van der Waals surface area contributed by atoms with Crippen LogP contribution in [-0.2, 0) is 4.74 Å². The topological polar surface area (TPSA) is 59.6 Å². The van der Waals surface area contributed by atoms with Gasteiger partial charge in [0.15, 0.2) is 0 Å². The van der Waals surface area contributed by atoms with Gasteiger partial charge in [-0.15, -0.1) is 0 Å². The molecular weight excluding hydrogens is 208 g/mol. The largest absolute Gasteiger partial charge is 0.494 e. The molecule has 5 heteroatoms. The van der Waals surface area contributed by atoms with Crippen LogP contribution < -0.4 is 15.4 Å². The van der Waals surface area contributed by atoms with Gasteiger partial charge in [0.25, 0.3) is 0 Å². The average molecular weight is 224 g/mol. The van der Waals surface area contributed by atoms with Crippen molar-refractivity contribution >= 4 is 17.3 Å². The molecule has 0 saturated heterocycles. The first-order valence-corrected chi connectivity index (χ1v) is 4.83. The van der Waals surface area contributed by atoms with Gasteiger partial charge in [-0.1, -0.05) is 0 Å². The van der Waals surface area contributed by atoms with Crippen LogP contribution in [0.2, 0.25) is 0 Å². The highest BCUT2D eigenvalue weighted by molar-refractivity contribution is 5.94. The Bertz CT molecular complexity index is 366. The van der Waals surface area contributed by atoms with Crippen molar-refractivity contribution < 1.29 is 14.3 Å². The maximum absolute atomic E-state index is 11.4. The maximum atomic E-state index is 11.4. The number of hydrogen-bond acceptors (Lipinski definition) is 5. The molecule has 0 aliphatic carbocycles. The third-order valence-corrected chi connectivity index (χ3v) is 2.26. The van der Waals surface area contributed by atoms with Crippen LogP contribution in [0.4, 0.5) is 11.4 Å². The zero-order valence-corrected chi connectivity index (χ0v) is 9.88. The summed E-state index contributed by atoms with van der Waals surface area (Å²) in [5.41, 5.74) is 2.03. The van der Waals surface area contributed by atoms with E-state index in [-0.39, 0.29) is 0 Å². The van der Waals surface area contributed by atoms with Gasteiger partial charge < -0.3 is 20.1 Å². The number of nitrogens with one attached hydrogen (secondary N) is 2. The Morgan fingerprint density at radius 3 is 2.31 bits per heavy atom. The van der Waals surface area contributed by atoms with Crippen LogP contribution in [0.15, 0.2) is 12.1 Å². The normalized spacial score (nSPS) is 9.50. The summed E-state index contributed by atoms with van der Waals surface area (Å²) in [4.78, 5) is 11.4. The second-order valence-electron chi connectivity index (χ2n) is 3.09. The van der Waals surface area contributed by atoms with Crippen molar-refractivity contribution in [2.24, 2.45) is 0 Å². The van der Waals surface area contributed by atoms with Crippen molar-refractivity contribution in [1.29, 1.82) is 0 Å². The van der Waals surface area contributed by atoms with E-state index in [2.05, 4.69) is 15.4 Å². The number of hydrogen-bond donors (Lipinski definition) is 2. The van der Waals surface area contributed by atoms with Crippen LogP contribution in [0, 0.1) is 0 Å². The first kappa shape index (κ1) is 12.2. The van der Waals surface area contributed by atoms with Gasteiger partial charge >= 0.3 is 5.97 Å². The molecule has 0 saturated carbocycles. The van der Waals surface area contributed by atoms with E-state index in [4.69, 9.17) is 4.74 Å². The number of anilines is 2. The van der Waals surface area contributed by atoms with Crippen molar-refractivity contribution in [3.63, 3.8) is 0 Å². The quantitative estimate of drug-likeness (QED) is 0.760. The van der Waals surface area contributed by atoms with Crippen molar-refractivity contribution in [2.45, 2.75) is 0 Å². The molecule has 0 aromatic heterocycles. The molecule has 0 radical (unpaired) electrons. The maximum Gasteiger partial charge on any atom is 0.338 e. The minimum Gasteiger partial charge on any atom is -0.494 e. The van der Waals surface area contributed by atoms with E-state index < -0.39 is 5.97 Å². The standard InChI is InChI=1S/C11H16N2O3/c1-12-8-5-7(11(14)16-4)6-9(15-3)10(8)13-2/h5-6,12-13H,1-4H3. The molecule has 0 amide bonds. The number of benzene rings is 1. The molecule has 16 heavy (non-hydrogen) atoms. The van der Waals surface area contributed by atoms with Crippen LogP contribution in [-0.4, -0.2) is 34.3 Å². The molecule has 0 bridgehead atoms. The smallest absolute Gasteiger partial charge is 0.338 e. The second kappa shape index (κ2) is 5.25. The van der Waals surface area contributed by atoms with E-state index in [0.29, 0.717) is 11.3 Å². The molecule has 0 spiro atoms. The number of methoxy groups -OCH3 is 2. The zero-order chi connectivity index (χ0) is 12.1. The number of esters is 1. The van der Waals surface area contributed by atoms with Gasteiger partial charge in [0.2, 0.25) is 0 Å². The average Bonchev–Trinajstić information content (AvgIpc) is 2.35. The number of rotatable bonds is 4. The Balaban J connectivity index is 3.31. The molecular formula is C11H16N2O3. The Morgan fingerprint density at radius 1 is 1.19 bits per heavy atom. The van der Waals surface area contributed by atoms with E-state index in [0.717, 1.165) is 11.4 Å². The van der Waals surface area contributed by atoms with E-state index in [1.54, 1.807) is 33.3 Å². The summed E-state index contributed by atoms with van der Waals surface area (Å²) in [5, 5.41) is 6.00. The molecule has 0 unspecified atom stereocenters. The number of carbonyl (C=O) groups excluding carboxylic acids is 1. The fourth-order valence-corrected chi connectivity index (χ4v) is 1.47. The highest BCUT2D eigenvalue weighted by atomic mass is 16.5. The minimum absolute atomic E-state index is 0.391. The first-order chi connectivity index (χ1) is 7.67. The lowest BCUT2D eigenvalue weighted by atomic mass is 10.1. The van der Waals surface area contributed by atoms with Crippen molar-refractivity contribution in [3.8, 4) is 5.75 Å². The predicted octanol–water partition coefficient (Wildman–Crippen LogP) is 1.57. The summed E-state index contributed by atoms with van der Waals surface area (Å²) in [5.74, 6) is 0.201. The van der Waals surface area contributed by atoms with Crippen LogP contribution in [0.3, 0.4) is 0 Å². The van der Waals surface area contributed by atoms with Gasteiger partial charge in [-0.05, 0) is 12.1 Å². The highest BCUT2D eigenvalue weighted by Crippen LogP contribution is 2.33. The van der Waals surface area contributed by atoms with E-state index in [1.165, 1.54) is 7.11 Å². The molecule has 1 rings (SSSR count). The molecule has 0 fully saturated rings. The van der Waals surface area contributed by atoms with Gasteiger partial charge in [-0.25, -0.2) is 4.79 Å². The molecule has 2 N–H and O–H groups in total. The van der Waals surface area contributed by atoms with E-state index in [1.807, 2.05) is 0 Å². The summed E-state index contributed by atoms with van der Waals surface area (Å²) >= 11 is 0. The summed E-state index contributed by atoms with van der Waals surface area (Å²) in [6.45, 7) is 0. The summed E-state index contributed by atoms with van der Waals surface area (Å²) in [6, 6.07) is 3.35. The number of carbonyl (C=O) groups is 1. The Kier molecular flexibility index (Phi) is 3.99. The predicted molar refractivity (Wildman–Crippen MR) is 63.4 cm³/mol. The third-order valence-electron chi connectivity index (χ3n) is 2.26. The molecule has 1 aromatic rings. The van der Waals surface area contributed by atoms with Crippen LogP contribution in [0.25, 0.3) is 0 Å². The molecule has 5 nitrogen and oxygen atoms in total. The van der Waals surface area contributed by atoms with Crippen molar-refractivity contribution in [1.82, 2.24) is 0 Å². The van der Waals surface area contributed by atoms with Crippen LogP contribution in [0.1, 0.15) is 10.4 Å². The molecule has 0 aliphatic heterocycles. The van der Waals surface area contributed by atoms with E-state index in [9.17, 15) is 4.79 Å². The Labute approximate surface area is 94.7 Å². The molecule has 0 heterocycles. The molecule has 1 aromatic carbocycles. The summed E-state index contributed by atoms with van der Waals surface area (Å²) < 4.78 is 9.87. The lowest BCUT2D eigenvalue weighted by Gasteiger charge is -2.14. The highest BCUT2D eigenvalue weighted by Gasteiger charge is 2.14. The molecule has 0 atom stereocenters. The Hall–Kier alpha value is -1.91. The summed E-state index contributed by atoms with van der Waals surface area (Å²) in [7, 11) is 6.46. The second-order valence-corrected chi connectivity index (χ2v) is 3.09. The molecule has 88 valence electrons. The fraction of sp³-hybridized carbons (Fsp3) is 0.364. The van der Waals surface area contributed by atoms with Gasteiger partial charge in [0.05, 0.1) is 25.5 Å². The zero-order valence-electron chi connectivity index (χ0n) is 9.88. The van der Waals surface area contributed by atoms with Gasteiger partial charge in [-0.3, -0.25) is 0 Å². The lowest BCUT2D eigenvalue weighted by molar-refractivity contribution is 0.0600. The first-order valence-electron chi connectivity index (χ1n) is 4.83. The van der Waals surface area contributed by atoms with E-state index >= 15 is 0 Å². The summed E-state index contributed by atoms with van der Waals surface area (Å²) in [6.07, 6.45) is 0. The van der Waals surface area contributed by atoms with Crippen molar-refractivity contribution in [2.75, 3.05) is 38.9 Å². The minimum atomic E-state index is -0.391. The SMILES string of the molecule is CNc1cc(C(=O)OC)cc(OC)c1NC. The van der Waals surface area contributed by atoms with Crippen molar-refractivity contribution in [3.05, 3.63) is 17.7 Å². The van der Waals surface area contributed by atoms with Gasteiger partial charge in [-0.2, -0.15) is 0 Å². The lowest BCUT2D eigenvalue weighted by Crippen LogP contribution is -2.06. The van der Waals surface area contributed by atoms with Gasteiger partial charge in [0.1, 0.15) is 11.4 Å². The van der Waals surface area contributed by atoms with Crippen LogP contribution >= 0.6 is 0 Å². The van der Waals surface area contributed by atoms with Crippen LogP contribution in [0.5, 0.6) is 5.75 Å². The Morgan fingerprint density at radius 2 is 1.88 bits per heavy atom. The third kappa shape index (κ3) is 2.18. The molecule has 0 aliphatic rings. The number of ether oxygens (including phenoxy) is 2. The van der Waals surface area contributed by atoms with Gasteiger partial charge in [0, 0.05) is 14.1 Å². The monoisotopic (exact) mass is 224 g/mol. The fourth-order valence-electron chi connectivity index (χ4n) is 1.47.